The maximum absolute atomic E-state index is 12.8. The highest BCUT2D eigenvalue weighted by atomic mass is 19.3. The van der Waals surface area contributed by atoms with Crippen molar-refractivity contribution in [2.24, 2.45) is 0 Å². The number of alkyl halides is 2. The number of carbonyl (C=O) groups is 1. The van der Waals surface area contributed by atoms with E-state index in [1.807, 2.05) is 0 Å². The number of aromatic hydroxyl groups is 1. The molecule has 3 nitrogen and oxygen atoms in total. The van der Waals surface area contributed by atoms with Gasteiger partial charge in [-0.3, -0.25) is 9.78 Å². The van der Waals surface area contributed by atoms with E-state index < -0.39 is 17.8 Å². The number of aromatic nitrogens is 1. The average Bonchev–Trinajstić information content (AvgIpc) is 2.38. The largest absolute Gasteiger partial charge is 0.508 e. The van der Waals surface area contributed by atoms with E-state index in [0.717, 1.165) is 18.2 Å². The van der Waals surface area contributed by atoms with Gasteiger partial charge in [-0.15, -0.1) is 0 Å². The molecule has 0 atom stereocenters. The Morgan fingerprint density at radius 3 is 2.67 bits per heavy atom. The van der Waals surface area contributed by atoms with Crippen LogP contribution in [0.4, 0.5) is 8.78 Å². The van der Waals surface area contributed by atoms with Gasteiger partial charge >= 0.3 is 0 Å². The molecule has 0 amide bonds. The smallest absolute Gasteiger partial charge is 0.264 e. The van der Waals surface area contributed by atoms with E-state index in [1.54, 1.807) is 0 Å². The number of carbonyl (C=O) groups excluding carboxylic acids is 1. The van der Waals surface area contributed by atoms with Crippen LogP contribution < -0.4 is 0 Å². The number of halogens is 2. The van der Waals surface area contributed by atoms with Crippen molar-refractivity contribution in [1.82, 2.24) is 4.98 Å². The fourth-order valence-corrected chi connectivity index (χ4v) is 1.58. The van der Waals surface area contributed by atoms with Gasteiger partial charge in [0, 0.05) is 29.1 Å². The monoisotopic (exact) mass is 249 g/mol. The van der Waals surface area contributed by atoms with Crippen LogP contribution in [-0.2, 0) is 0 Å². The second-order valence-electron chi connectivity index (χ2n) is 3.64. The first-order chi connectivity index (χ1) is 8.59. The summed E-state index contributed by atoms with van der Waals surface area (Å²) in [7, 11) is 0. The fourth-order valence-electron chi connectivity index (χ4n) is 1.58. The molecule has 2 aromatic rings. The highest BCUT2D eigenvalue weighted by molar-refractivity contribution is 6.10. The van der Waals surface area contributed by atoms with E-state index in [0.29, 0.717) is 0 Å². The van der Waals surface area contributed by atoms with Gasteiger partial charge in [-0.05, 0) is 30.3 Å². The van der Waals surface area contributed by atoms with Crippen molar-refractivity contribution >= 4 is 5.78 Å². The molecular formula is C13H9F2NO2. The average molecular weight is 249 g/mol. The maximum Gasteiger partial charge on any atom is 0.264 e. The Balaban J connectivity index is 2.50. The summed E-state index contributed by atoms with van der Waals surface area (Å²) in [4.78, 5) is 15.8. The Kier molecular flexibility index (Phi) is 3.32. The standard InChI is InChI=1S/C13H9F2NO2/c14-13(15)10-4-3-9(17)6-11(10)12(18)8-2-1-5-16-7-8/h1-7,13,17H. The second kappa shape index (κ2) is 4.91. The molecule has 92 valence electrons. The van der Waals surface area contributed by atoms with Crippen LogP contribution in [-0.4, -0.2) is 15.9 Å². The molecule has 1 aromatic carbocycles. The predicted octanol–water partition coefficient (Wildman–Crippen LogP) is 2.96. The second-order valence-corrected chi connectivity index (χ2v) is 3.64. The number of rotatable bonds is 3. The number of phenols is 1. The lowest BCUT2D eigenvalue weighted by atomic mass is 9.99. The van der Waals surface area contributed by atoms with E-state index in [4.69, 9.17) is 0 Å². The van der Waals surface area contributed by atoms with Gasteiger partial charge in [0.25, 0.3) is 6.43 Å². The minimum atomic E-state index is -2.78. The van der Waals surface area contributed by atoms with Crippen molar-refractivity contribution in [1.29, 1.82) is 0 Å². The van der Waals surface area contributed by atoms with Crippen molar-refractivity contribution in [3.63, 3.8) is 0 Å². The first-order valence-corrected chi connectivity index (χ1v) is 5.15. The third-order valence-electron chi connectivity index (χ3n) is 2.44. The number of hydrogen-bond acceptors (Lipinski definition) is 3. The Hall–Kier alpha value is -2.30. The number of nitrogens with zero attached hydrogens (tertiary/aromatic N) is 1. The lowest BCUT2D eigenvalue weighted by Gasteiger charge is -2.08. The highest BCUT2D eigenvalue weighted by Gasteiger charge is 2.20. The lowest BCUT2D eigenvalue weighted by molar-refractivity contribution is 0.102. The first kappa shape index (κ1) is 12.2. The topological polar surface area (TPSA) is 50.2 Å². The summed E-state index contributed by atoms with van der Waals surface area (Å²) in [6.07, 6.45) is -0.00393. The van der Waals surface area contributed by atoms with Gasteiger partial charge in [0.1, 0.15) is 5.75 Å². The van der Waals surface area contributed by atoms with E-state index in [1.165, 1.54) is 24.5 Å². The van der Waals surface area contributed by atoms with Crippen molar-refractivity contribution < 1.29 is 18.7 Å². The number of hydrogen-bond donors (Lipinski definition) is 1. The Bertz CT molecular complexity index is 570. The van der Waals surface area contributed by atoms with Crippen LogP contribution in [0.3, 0.4) is 0 Å². The molecule has 0 aliphatic rings. The normalized spacial score (nSPS) is 10.6. The van der Waals surface area contributed by atoms with Crippen molar-refractivity contribution in [2.75, 3.05) is 0 Å². The zero-order chi connectivity index (χ0) is 13.1. The predicted molar refractivity (Wildman–Crippen MR) is 60.7 cm³/mol. The number of ketones is 1. The zero-order valence-corrected chi connectivity index (χ0v) is 9.18. The molecule has 1 aromatic heterocycles. The third kappa shape index (κ3) is 2.34. The van der Waals surface area contributed by atoms with Crippen LogP contribution >= 0.6 is 0 Å². The van der Waals surface area contributed by atoms with Crippen LogP contribution in [0.1, 0.15) is 27.9 Å². The fraction of sp³-hybridized carbons (Fsp3) is 0.0769. The van der Waals surface area contributed by atoms with Crippen molar-refractivity contribution in [3.05, 3.63) is 59.4 Å². The molecular weight excluding hydrogens is 240 g/mol. The molecule has 5 heteroatoms. The van der Waals surface area contributed by atoms with Crippen molar-refractivity contribution in [3.8, 4) is 5.75 Å². The van der Waals surface area contributed by atoms with Crippen LogP contribution in [0.5, 0.6) is 5.75 Å². The van der Waals surface area contributed by atoms with Crippen LogP contribution in [0.25, 0.3) is 0 Å². The molecule has 18 heavy (non-hydrogen) atoms. The molecule has 0 fully saturated rings. The lowest BCUT2D eigenvalue weighted by Crippen LogP contribution is -2.06. The molecule has 2 rings (SSSR count). The first-order valence-electron chi connectivity index (χ1n) is 5.15. The van der Waals surface area contributed by atoms with Gasteiger partial charge in [0.05, 0.1) is 0 Å². The van der Waals surface area contributed by atoms with Crippen LogP contribution in [0.2, 0.25) is 0 Å². The molecule has 0 unspecified atom stereocenters. The quantitative estimate of drug-likeness (QED) is 0.851. The summed E-state index contributed by atoms with van der Waals surface area (Å²) >= 11 is 0. The number of pyridine rings is 1. The Labute approximate surface area is 102 Å². The molecule has 0 radical (unpaired) electrons. The van der Waals surface area contributed by atoms with Crippen LogP contribution in [0.15, 0.2) is 42.7 Å². The number of benzene rings is 1. The van der Waals surface area contributed by atoms with Gasteiger partial charge < -0.3 is 5.11 Å². The van der Waals surface area contributed by atoms with Gasteiger partial charge in [-0.25, -0.2) is 8.78 Å². The molecule has 0 aliphatic heterocycles. The minimum absolute atomic E-state index is 0.199. The molecule has 0 bridgehead atoms. The van der Waals surface area contributed by atoms with Gasteiger partial charge in [0.15, 0.2) is 5.78 Å². The molecule has 1 heterocycles. The molecule has 0 saturated heterocycles. The van der Waals surface area contributed by atoms with Gasteiger partial charge in [-0.1, -0.05) is 0 Å². The third-order valence-corrected chi connectivity index (χ3v) is 2.44. The minimum Gasteiger partial charge on any atom is -0.508 e. The zero-order valence-electron chi connectivity index (χ0n) is 9.18. The molecule has 0 spiro atoms. The number of phenolic OH excluding ortho intramolecular Hbond substituents is 1. The molecule has 1 N–H and O–H groups in total. The Morgan fingerprint density at radius 1 is 1.28 bits per heavy atom. The summed E-state index contributed by atoms with van der Waals surface area (Å²) in [5.74, 6) is -0.819. The summed E-state index contributed by atoms with van der Waals surface area (Å²) < 4.78 is 25.6. The Morgan fingerprint density at radius 2 is 2.06 bits per heavy atom. The van der Waals surface area contributed by atoms with Crippen LogP contribution in [0, 0.1) is 0 Å². The summed E-state index contributed by atoms with van der Waals surface area (Å²) in [6.45, 7) is 0. The molecule has 0 saturated carbocycles. The highest BCUT2D eigenvalue weighted by Crippen LogP contribution is 2.27. The summed E-state index contributed by atoms with van der Waals surface area (Å²) in [6, 6.07) is 6.23. The van der Waals surface area contributed by atoms with Crippen molar-refractivity contribution in [2.45, 2.75) is 6.43 Å². The maximum atomic E-state index is 12.8. The van der Waals surface area contributed by atoms with Gasteiger partial charge in [-0.2, -0.15) is 0 Å². The SMILES string of the molecule is O=C(c1cccnc1)c1cc(O)ccc1C(F)F. The van der Waals surface area contributed by atoms with E-state index >= 15 is 0 Å². The molecule has 0 aliphatic carbocycles. The summed E-state index contributed by atoms with van der Waals surface area (Å²) in [5, 5.41) is 9.30. The van der Waals surface area contributed by atoms with E-state index in [9.17, 15) is 18.7 Å². The summed E-state index contributed by atoms with van der Waals surface area (Å²) in [5.41, 5.74) is -0.412. The van der Waals surface area contributed by atoms with Gasteiger partial charge in [0.2, 0.25) is 0 Å². The van der Waals surface area contributed by atoms with E-state index in [2.05, 4.69) is 4.98 Å². The van der Waals surface area contributed by atoms with E-state index in [-0.39, 0.29) is 16.9 Å².